The van der Waals surface area contributed by atoms with Crippen LogP contribution in [-0.4, -0.2) is 21.0 Å². The molecule has 0 aromatic carbocycles. The molecular formula is C9H16BN3O2. The van der Waals surface area contributed by atoms with Gasteiger partial charge in [-0.1, -0.05) is 0 Å². The van der Waals surface area contributed by atoms with Gasteiger partial charge in [0, 0.05) is 5.70 Å². The molecule has 0 saturated heterocycles. The summed E-state index contributed by atoms with van der Waals surface area (Å²) < 4.78 is 4.76. The zero-order valence-electron chi connectivity index (χ0n) is 9.04. The van der Waals surface area contributed by atoms with E-state index in [1.807, 2.05) is 0 Å². The zero-order valence-corrected chi connectivity index (χ0v) is 9.04. The molecule has 0 heterocycles. The van der Waals surface area contributed by atoms with Crippen LogP contribution in [0.2, 0.25) is 0 Å². The minimum absolute atomic E-state index is 0.0411. The fourth-order valence-corrected chi connectivity index (χ4v) is 1.41. The molecule has 5 nitrogen and oxygen atoms in total. The molecule has 15 heavy (non-hydrogen) atoms. The molecule has 1 amide bonds. The van der Waals surface area contributed by atoms with Crippen molar-refractivity contribution in [3.05, 3.63) is 23.7 Å². The summed E-state index contributed by atoms with van der Waals surface area (Å²) in [6.45, 7) is 0. The maximum atomic E-state index is 11.5. The topological polar surface area (TPSA) is 90.4 Å². The SMILES string of the molecule is BNC(=O)C1(/C(N)=C/C=C(\N)OC)CC1. The van der Waals surface area contributed by atoms with Crippen LogP contribution in [0.4, 0.5) is 0 Å². The quantitative estimate of drug-likeness (QED) is 0.305. The van der Waals surface area contributed by atoms with Gasteiger partial charge in [0.05, 0.1) is 12.5 Å². The van der Waals surface area contributed by atoms with Crippen LogP contribution in [0.5, 0.6) is 0 Å². The van der Waals surface area contributed by atoms with Crippen molar-refractivity contribution in [2.45, 2.75) is 12.8 Å². The number of carbonyl (C=O) groups excluding carboxylic acids is 1. The number of nitrogens with one attached hydrogen (secondary N) is 1. The third-order valence-electron chi connectivity index (χ3n) is 2.63. The van der Waals surface area contributed by atoms with Crippen LogP contribution in [0.25, 0.3) is 0 Å². The van der Waals surface area contributed by atoms with Gasteiger partial charge >= 0.3 is 0 Å². The lowest BCUT2D eigenvalue weighted by molar-refractivity contribution is -0.123. The predicted octanol–water partition coefficient (Wildman–Crippen LogP) is -1.28. The Labute approximate surface area is 90.0 Å². The number of methoxy groups -OCH3 is 1. The molecule has 1 rings (SSSR count). The average molecular weight is 209 g/mol. The fourth-order valence-electron chi connectivity index (χ4n) is 1.41. The number of ether oxygens (including phenoxy) is 1. The maximum absolute atomic E-state index is 11.5. The molecule has 0 atom stereocenters. The molecule has 82 valence electrons. The smallest absolute Gasteiger partial charge is 0.219 e. The molecule has 0 bridgehead atoms. The van der Waals surface area contributed by atoms with E-state index < -0.39 is 5.41 Å². The number of allylic oxidation sites excluding steroid dienone is 2. The van der Waals surface area contributed by atoms with Gasteiger partial charge in [-0.05, 0) is 25.0 Å². The van der Waals surface area contributed by atoms with Crippen molar-refractivity contribution >= 4 is 13.9 Å². The monoisotopic (exact) mass is 209 g/mol. The lowest BCUT2D eigenvalue weighted by Crippen LogP contribution is -2.33. The van der Waals surface area contributed by atoms with E-state index in [9.17, 15) is 4.79 Å². The summed E-state index contributed by atoms with van der Waals surface area (Å²) in [5.41, 5.74) is 11.3. The molecule has 0 unspecified atom stereocenters. The van der Waals surface area contributed by atoms with Gasteiger partial charge in [-0.2, -0.15) is 0 Å². The van der Waals surface area contributed by atoms with Crippen molar-refractivity contribution in [1.29, 1.82) is 0 Å². The molecule has 1 aliphatic carbocycles. The molecule has 0 aromatic heterocycles. The summed E-state index contributed by atoms with van der Waals surface area (Å²) in [5, 5.41) is 2.61. The second-order valence-corrected chi connectivity index (χ2v) is 3.56. The van der Waals surface area contributed by atoms with Crippen molar-refractivity contribution in [2.75, 3.05) is 7.11 Å². The van der Waals surface area contributed by atoms with Crippen LogP contribution in [0, 0.1) is 5.41 Å². The molecular weight excluding hydrogens is 193 g/mol. The van der Waals surface area contributed by atoms with E-state index in [1.54, 1.807) is 20.1 Å². The highest BCUT2D eigenvalue weighted by molar-refractivity contribution is 6.16. The first-order chi connectivity index (χ1) is 7.06. The molecule has 5 N–H and O–H groups in total. The number of amides is 1. The second kappa shape index (κ2) is 4.29. The van der Waals surface area contributed by atoms with E-state index in [0.717, 1.165) is 12.8 Å². The Hall–Kier alpha value is -1.59. The summed E-state index contributed by atoms with van der Waals surface area (Å²) in [6, 6.07) is 0. The zero-order chi connectivity index (χ0) is 11.5. The van der Waals surface area contributed by atoms with Gasteiger partial charge in [0.15, 0.2) is 5.88 Å². The van der Waals surface area contributed by atoms with Gasteiger partial charge in [0.25, 0.3) is 0 Å². The lowest BCUT2D eigenvalue weighted by Gasteiger charge is -2.13. The molecule has 1 saturated carbocycles. The molecule has 0 spiro atoms. The highest BCUT2D eigenvalue weighted by Gasteiger charge is 2.51. The van der Waals surface area contributed by atoms with Crippen molar-refractivity contribution in [3.63, 3.8) is 0 Å². The van der Waals surface area contributed by atoms with Crippen molar-refractivity contribution in [2.24, 2.45) is 16.9 Å². The molecule has 1 aliphatic rings. The molecule has 1 fully saturated rings. The minimum atomic E-state index is -0.515. The Morgan fingerprint density at radius 2 is 2.07 bits per heavy atom. The highest BCUT2D eigenvalue weighted by Crippen LogP contribution is 2.50. The standard InChI is InChI=1S/C9H16BN3O2/c1-15-7(12)3-2-6(11)9(4-5-9)8(14)13-10/h2-3H,4-5,10-12H2,1H3,(H,13,14)/b6-2-,7-3+. The third kappa shape index (κ3) is 2.26. The van der Waals surface area contributed by atoms with E-state index in [4.69, 9.17) is 16.2 Å². The average Bonchev–Trinajstić information content (AvgIpc) is 3.05. The van der Waals surface area contributed by atoms with Gasteiger partial charge in [-0.15, -0.1) is 0 Å². The number of hydrogen-bond donors (Lipinski definition) is 3. The van der Waals surface area contributed by atoms with E-state index in [1.165, 1.54) is 7.11 Å². The van der Waals surface area contributed by atoms with Crippen molar-refractivity contribution in [1.82, 2.24) is 5.23 Å². The Morgan fingerprint density at radius 1 is 1.47 bits per heavy atom. The summed E-state index contributed by atoms with van der Waals surface area (Å²) in [4.78, 5) is 11.5. The van der Waals surface area contributed by atoms with Crippen LogP contribution < -0.4 is 16.7 Å². The summed E-state index contributed by atoms with van der Waals surface area (Å²) in [5.74, 6) is 0.228. The summed E-state index contributed by atoms with van der Waals surface area (Å²) in [7, 11) is 3.08. The van der Waals surface area contributed by atoms with E-state index in [0.29, 0.717) is 5.70 Å². The molecule has 6 heteroatoms. The van der Waals surface area contributed by atoms with Gasteiger partial charge < -0.3 is 21.4 Å². The largest absolute Gasteiger partial charge is 0.483 e. The molecule has 0 aromatic rings. The van der Waals surface area contributed by atoms with Crippen LogP contribution in [0.1, 0.15) is 12.8 Å². The van der Waals surface area contributed by atoms with E-state index in [2.05, 4.69) is 5.23 Å². The minimum Gasteiger partial charge on any atom is -0.483 e. The predicted molar refractivity (Wildman–Crippen MR) is 59.9 cm³/mol. The van der Waals surface area contributed by atoms with Gasteiger partial charge in [0.1, 0.15) is 0 Å². The Morgan fingerprint density at radius 3 is 2.47 bits per heavy atom. The fraction of sp³-hybridized carbons (Fsp3) is 0.444. The third-order valence-corrected chi connectivity index (χ3v) is 2.63. The highest BCUT2D eigenvalue weighted by atomic mass is 16.5. The first kappa shape index (κ1) is 11.5. The lowest BCUT2D eigenvalue weighted by atomic mass is 10.0. The van der Waals surface area contributed by atoms with Crippen LogP contribution >= 0.6 is 0 Å². The van der Waals surface area contributed by atoms with Crippen molar-refractivity contribution in [3.8, 4) is 0 Å². The number of rotatable bonds is 4. The van der Waals surface area contributed by atoms with Gasteiger partial charge in [-0.3, -0.25) is 4.79 Å². The number of carbonyl (C=O) groups is 1. The molecule has 0 radical (unpaired) electrons. The first-order valence-corrected chi connectivity index (χ1v) is 4.76. The number of hydrogen-bond acceptors (Lipinski definition) is 4. The van der Waals surface area contributed by atoms with Crippen molar-refractivity contribution < 1.29 is 9.53 Å². The Balaban J connectivity index is 2.76. The Bertz CT molecular complexity index is 321. The van der Waals surface area contributed by atoms with E-state index in [-0.39, 0.29) is 11.8 Å². The van der Waals surface area contributed by atoms with Gasteiger partial charge in [-0.25, -0.2) is 0 Å². The Kier molecular flexibility index (Phi) is 3.29. The van der Waals surface area contributed by atoms with Crippen LogP contribution in [0.3, 0.4) is 0 Å². The van der Waals surface area contributed by atoms with Gasteiger partial charge in [0.2, 0.25) is 13.9 Å². The second-order valence-electron chi connectivity index (χ2n) is 3.56. The normalized spacial score (nSPS) is 19.5. The summed E-state index contributed by atoms with van der Waals surface area (Å²) in [6.07, 6.45) is 4.75. The maximum Gasteiger partial charge on any atom is 0.219 e. The van der Waals surface area contributed by atoms with E-state index >= 15 is 0 Å². The number of nitrogens with two attached hydrogens (primary N) is 2. The summed E-state index contributed by atoms with van der Waals surface area (Å²) >= 11 is 0. The van der Waals surface area contributed by atoms with Crippen LogP contribution in [0.15, 0.2) is 23.7 Å². The van der Waals surface area contributed by atoms with Crippen LogP contribution in [-0.2, 0) is 9.53 Å². The first-order valence-electron chi connectivity index (χ1n) is 4.76. The molecule has 0 aliphatic heterocycles.